The number of carbonyl (C=O) groups excluding carboxylic acids is 1. The van der Waals surface area contributed by atoms with Crippen LogP contribution in [0.25, 0.3) is 11.0 Å². The Bertz CT molecular complexity index is 849. The lowest BCUT2D eigenvalue weighted by atomic mass is 10.0. The topological polar surface area (TPSA) is 39.4 Å². The van der Waals surface area contributed by atoms with E-state index in [1.54, 1.807) is 30.5 Å². The SMILES string of the molecule is Cc1cc2occ(CC(=O)Oc3ccccc3Cl)c2cc1C. The molecule has 0 fully saturated rings. The van der Waals surface area contributed by atoms with Crippen molar-refractivity contribution in [3.63, 3.8) is 0 Å². The predicted molar refractivity (Wildman–Crippen MR) is 86.5 cm³/mol. The Morgan fingerprint density at radius 1 is 1.18 bits per heavy atom. The van der Waals surface area contributed by atoms with Crippen LogP contribution in [0.3, 0.4) is 0 Å². The van der Waals surface area contributed by atoms with Crippen LogP contribution in [-0.4, -0.2) is 5.97 Å². The average molecular weight is 315 g/mol. The number of ether oxygens (including phenoxy) is 1. The van der Waals surface area contributed by atoms with Gasteiger partial charge in [-0.3, -0.25) is 4.79 Å². The number of aryl methyl sites for hydroxylation is 2. The number of carbonyl (C=O) groups is 1. The molecule has 1 aromatic heterocycles. The molecule has 0 saturated heterocycles. The molecule has 2 aromatic carbocycles. The van der Waals surface area contributed by atoms with Crippen LogP contribution in [0, 0.1) is 13.8 Å². The molecule has 0 N–H and O–H groups in total. The standard InChI is InChI=1S/C18H15ClO3/c1-11-7-14-13(10-21-17(14)8-12(11)2)9-18(20)22-16-6-4-3-5-15(16)19/h3-8,10H,9H2,1-2H3. The van der Waals surface area contributed by atoms with E-state index in [0.717, 1.165) is 27.7 Å². The van der Waals surface area contributed by atoms with Crippen molar-refractivity contribution in [3.8, 4) is 5.75 Å². The highest BCUT2D eigenvalue weighted by Gasteiger charge is 2.14. The van der Waals surface area contributed by atoms with E-state index in [9.17, 15) is 4.79 Å². The van der Waals surface area contributed by atoms with Crippen LogP contribution in [0.2, 0.25) is 5.02 Å². The highest BCUT2D eigenvalue weighted by Crippen LogP contribution is 2.27. The van der Waals surface area contributed by atoms with Crippen LogP contribution < -0.4 is 4.74 Å². The van der Waals surface area contributed by atoms with E-state index in [-0.39, 0.29) is 12.4 Å². The summed E-state index contributed by atoms with van der Waals surface area (Å²) in [6.07, 6.45) is 1.75. The van der Waals surface area contributed by atoms with Crippen LogP contribution in [0.1, 0.15) is 16.7 Å². The van der Waals surface area contributed by atoms with Gasteiger partial charge in [-0.1, -0.05) is 23.7 Å². The second kappa shape index (κ2) is 5.85. The number of hydrogen-bond acceptors (Lipinski definition) is 3. The number of halogens is 1. The molecule has 3 nitrogen and oxygen atoms in total. The summed E-state index contributed by atoms with van der Waals surface area (Å²) in [5.41, 5.74) is 3.92. The minimum atomic E-state index is -0.367. The molecule has 3 rings (SSSR count). The van der Waals surface area contributed by atoms with Gasteiger partial charge in [0.25, 0.3) is 0 Å². The van der Waals surface area contributed by atoms with Crippen molar-refractivity contribution in [2.45, 2.75) is 20.3 Å². The first kappa shape index (κ1) is 14.7. The number of fused-ring (bicyclic) bond motifs is 1. The van der Waals surface area contributed by atoms with Crippen LogP contribution in [0.15, 0.2) is 47.1 Å². The fraction of sp³-hybridized carbons (Fsp3) is 0.167. The summed E-state index contributed by atoms with van der Waals surface area (Å²) in [4.78, 5) is 12.1. The van der Waals surface area contributed by atoms with Crippen molar-refractivity contribution in [3.05, 3.63) is 64.4 Å². The van der Waals surface area contributed by atoms with E-state index in [4.69, 9.17) is 20.8 Å². The quantitative estimate of drug-likeness (QED) is 0.512. The molecular formula is C18H15ClO3. The Kier molecular flexibility index (Phi) is 3.90. The second-order valence-corrected chi connectivity index (χ2v) is 5.68. The van der Waals surface area contributed by atoms with Crippen molar-refractivity contribution in [1.29, 1.82) is 0 Å². The summed E-state index contributed by atoms with van der Waals surface area (Å²) in [6.45, 7) is 4.07. The van der Waals surface area contributed by atoms with E-state index < -0.39 is 0 Å². The van der Waals surface area contributed by atoms with E-state index >= 15 is 0 Å². The summed E-state index contributed by atoms with van der Waals surface area (Å²) >= 11 is 5.99. The fourth-order valence-corrected chi connectivity index (χ4v) is 2.49. The molecule has 4 heteroatoms. The van der Waals surface area contributed by atoms with Gasteiger partial charge >= 0.3 is 5.97 Å². The van der Waals surface area contributed by atoms with E-state index in [1.807, 2.05) is 26.0 Å². The minimum Gasteiger partial charge on any atom is -0.464 e. The number of esters is 1. The highest BCUT2D eigenvalue weighted by molar-refractivity contribution is 6.32. The van der Waals surface area contributed by atoms with Gasteiger partial charge in [-0.2, -0.15) is 0 Å². The van der Waals surface area contributed by atoms with Gasteiger partial charge in [0.15, 0.2) is 0 Å². The molecule has 0 atom stereocenters. The van der Waals surface area contributed by atoms with Gasteiger partial charge in [-0.05, 0) is 49.2 Å². The lowest BCUT2D eigenvalue weighted by Gasteiger charge is -2.05. The number of furan rings is 1. The van der Waals surface area contributed by atoms with Crippen molar-refractivity contribution >= 4 is 28.5 Å². The third-order valence-electron chi connectivity index (χ3n) is 3.67. The maximum atomic E-state index is 12.1. The van der Waals surface area contributed by atoms with Crippen LogP contribution in [0.5, 0.6) is 5.75 Å². The first-order valence-electron chi connectivity index (χ1n) is 6.97. The summed E-state index contributed by atoms with van der Waals surface area (Å²) in [5, 5.41) is 1.36. The molecule has 0 aliphatic rings. The smallest absolute Gasteiger partial charge is 0.315 e. The number of benzene rings is 2. The Labute approximate surface area is 133 Å². The van der Waals surface area contributed by atoms with Gasteiger partial charge in [0.1, 0.15) is 11.3 Å². The molecule has 0 aliphatic heterocycles. The normalized spacial score (nSPS) is 10.9. The van der Waals surface area contributed by atoms with Crippen LogP contribution >= 0.6 is 11.6 Å². The Hall–Kier alpha value is -2.26. The zero-order valence-electron chi connectivity index (χ0n) is 12.4. The molecule has 112 valence electrons. The van der Waals surface area contributed by atoms with Gasteiger partial charge < -0.3 is 9.15 Å². The molecule has 0 bridgehead atoms. The monoisotopic (exact) mass is 314 g/mol. The van der Waals surface area contributed by atoms with E-state index in [1.165, 1.54) is 0 Å². The van der Waals surface area contributed by atoms with Gasteiger partial charge in [0.05, 0.1) is 17.7 Å². The molecule has 0 saturated carbocycles. The zero-order valence-corrected chi connectivity index (χ0v) is 13.1. The molecule has 0 aliphatic carbocycles. The molecule has 0 spiro atoms. The number of rotatable bonds is 3. The highest BCUT2D eigenvalue weighted by atomic mass is 35.5. The summed E-state index contributed by atoms with van der Waals surface area (Å²) < 4.78 is 10.8. The molecule has 1 heterocycles. The molecular weight excluding hydrogens is 300 g/mol. The minimum absolute atomic E-state index is 0.140. The van der Waals surface area contributed by atoms with Gasteiger partial charge in [-0.25, -0.2) is 0 Å². The summed E-state index contributed by atoms with van der Waals surface area (Å²) in [7, 11) is 0. The second-order valence-electron chi connectivity index (χ2n) is 5.27. The molecule has 0 amide bonds. The van der Waals surface area contributed by atoms with Gasteiger partial charge in [0.2, 0.25) is 0 Å². The summed E-state index contributed by atoms with van der Waals surface area (Å²) in [6, 6.07) is 10.9. The first-order valence-corrected chi connectivity index (χ1v) is 7.35. The third-order valence-corrected chi connectivity index (χ3v) is 3.98. The van der Waals surface area contributed by atoms with E-state index in [0.29, 0.717) is 10.8 Å². The van der Waals surface area contributed by atoms with Crippen LogP contribution in [0.4, 0.5) is 0 Å². The third kappa shape index (κ3) is 2.85. The first-order chi connectivity index (χ1) is 10.5. The maximum Gasteiger partial charge on any atom is 0.315 e. The van der Waals surface area contributed by atoms with Crippen molar-refractivity contribution in [1.82, 2.24) is 0 Å². The molecule has 0 unspecified atom stereocenters. The van der Waals surface area contributed by atoms with Crippen molar-refractivity contribution in [2.75, 3.05) is 0 Å². The zero-order chi connectivity index (χ0) is 15.7. The maximum absolute atomic E-state index is 12.1. The van der Waals surface area contributed by atoms with Crippen molar-refractivity contribution < 1.29 is 13.9 Å². The molecule has 3 aromatic rings. The summed E-state index contributed by atoms with van der Waals surface area (Å²) in [5.74, 6) is 0.00280. The average Bonchev–Trinajstić information content (AvgIpc) is 2.84. The number of para-hydroxylation sites is 1. The Morgan fingerprint density at radius 2 is 1.91 bits per heavy atom. The van der Waals surface area contributed by atoms with Gasteiger partial charge in [0, 0.05) is 10.9 Å². The predicted octanol–water partition coefficient (Wildman–Crippen LogP) is 4.85. The molecule has 0 radical (unpaired) electrons. The number of hydrogen-bond donors (Lipinski definition) is 0. The lowest BCUT2D eigenvalue weighted by Crippen LogP contribution is -2.11. The van der Waals surface area contributed by atoms with Crippen LogP contribution in [-0.2, 0) is 11.2 Å². The molecule has 22 heavy (non-hydrogen) atoms. The van der Waals surface area contributed by atoms with E-state index in [2.05, 4.69) is 0 Å². The van der Waals surface area contributed by atoms with Crippen molar-refractivity contribution in [2.24, 2.45) is 0 Å². The fourth-order valence-electron chi connectivity index (χ4n) is 2.31. The Balaban J connectivity index is 1.83. The largest absolute Gasteiger partial charge is 0.464 e. The lowest BCUT2D eigenvalue weighted by molar-refractivity contribution is -0.133. The Morgan fingerprint density at radius 3 is 2.68 bits per heavy atom. The van der Waals surface area contributed by atoms with Gasteiger partial charge in [-0.15, -0.1) is 0 Å².